The third-order valence-electron chi connectivity index (χ3n) is 3.87. The topological polar surface area (TPSA) is 50.4 Å². The second kappa shape index (κ2) is 5.36. The Hall–Kier alpha value is -0.610. The van der Waals surface area contributed by atoms with E-state index in [1.54, 1.807) is 0 Å². The first-order chi connectivity index (χ1) is 8.09. The molecule has 0 spiro atoms. The largest absolute Gasteiger partial charge is 0.373 e. The van der Waals surface area contributed by atoms with Crippen LogP contribution in [0, 0.1) is 0 Å². The zero-order valence-corrected chi connectivity index (χ0v) is 10.9. The van der Waals surface area contributed by atoms with Crippen molar-refractivity contribution in [3.8, 4) is 0 Å². The molecule has 4 nitrogen and oxygen atoms in total. The van der Waals surface area contributed by atoms with E-state index < -0.39 is 0 Å². The highest BCUT2D eigenvalue weighted by Crippen LogP contribution is 2.24. The number of rotatable bonds is 3. The maximum absolute atomic E-state index is 12.0. The maximum atomic E-state index is 12.0. The first-order valence-corrected chi connectivity index (χ1v) is 6.77. The second-order valence-corrected chi connectivity index (χ2v) is 5.67. The monoisotopic (exact) mass is 240 g/mol. The zero-order chi connectivity index (χ0) is 12.3. The van der Waals surface area contributed by atoms with Crippen LogP contribution in [0.5, 0.6) is 0 Å². The van der Waals surface area contributed by atoms with Crippen LogP contribution in [-0.4, -0.2) is 36.7 Å². The van der Waals surface area contributed by atoms with E-state index in [9.17, 15) is 4.79 Å². The molecule has 0 aliphatic carbocycles. The Bertz CT molecular complexity index is 275. The number of amides is 1. The van der Waals surface area contributed by atoms with Gasteiger partial charge in [-0.3, -0.25) is 4.79 Å². The Labute approximate surface area is 103 Å². The van der Waals surface area contributed by atoms with Crippen LogP contribution in [0.1, 0.15) is 46.0 Å². The zero-order valence-electron chi connectivity index (χ0n) is 10.9. The molecule has 2 aliphatic rings. The molecule has 0 aromatic heterocycles. The molecular weight excluding hydrogens is 216 g/mol. The predicted octanol–water partition coefficient (Wildman–Crippen LogP) is 1.20. The summed E-state index contributed by atoms with van der Waals surface area (Å²) in [6, 6.07) is 0.446. The fourth-order valence-corrected chi connectivity index (χ4v) is 2.72. The van der Waals surface area contributed by atoms with Crippen molar-refractivity contribution in [2.75, 3.05) is 13.2 Å². The van der Waals surface area contributed by atoms with Gasteiger partial charge in [0.1, 0.15) is 0 Å². The van der Waals surface area contributed by atoms with E-state index in [0.717, 1.165) is 32.3 Å². The maximum Gasteiger partial charge on any atom is 0.237 e. The summed E-state index contributed by atoms with van der Waals surface area (Å²) in [5.74, 6) is 0.133. The van der Waals surface area contributed by atoms with E-state index in [4.69, 9.17) is 4.74 Å². The van der Waals surface area contributed by atoms with Crippen molar-refractivity contribution in [1.29, 1.82) is 0 Å². The van der Waals surface area contributed by atoms with E-state index in [2.05, 4.69) is 24.5 Å². The van der Waals surface area contributed by atoms with Crippen LogP contribution in [0.3, 0.4) is 0 Å². The molecule has 1 amide bonds. The molecule has 2 fully saturated rings. The van der Waals surface area contributed by atoms with E-state index in [0.29, 0.717) is 12.6 Å². The molecule has 0 aromatic carbocycles. The van der Waals surface area contributed by atoms with Crippen molar-refractivity contribution in [1.82, 2.24) is 10.6 Å². The summed E-state index contributed by atoms with van der Waals surface area (Å²) in [5.41, 5.74) is -0.143. The highest BCUT2D eigenvalue weighted by Gasteiger charge is 2.31. The van der Waals surface area contributed by atoms with E-state index in [1.165, 1.54) is 6.42 Å². The Balaban J connectivity index is 1.76. The summed E-state index contributed by atoms with van der Waals surface area (Å²) in [6.45, 7) is 5.68. The van der Waals surface area contributed by atoms with Gasteiger partial charge in [-0.2, -0.15) is 0 Å². The first kappa shape index (κ1) is 12.8. The van der Waals surface area contributed by atoms with Gasteiger partial charge in [0.2, 0.25) is 5.91 Å². The van der Waals surface area contributed by atoms with Gasteiger partial charge in [-0.1, -0.05) is 0 Å². The molecule has 3 unspecified atom stereocenters. The van der Waals surface area contributed by atoms with Crippen LogP contribution < -0.4 is 10.6 Å². The number of hydrogen-bond donors (Lipinski definition) is 2. The lowest BCUT2D eigenvalue weighted by atomic mass is 9.98. The van der Waals surface area contributed by atoms with E-state index in [-0.39, 0.29) is 17.6 Å². The first-order valence-electron chi connectivity index (χ1n) is 6.77. The molecule has 17 heavy (non-hydrogen) atoms. The quantitative estimate of drug-likeness (QED) is 0.779. The van der Waals surface area contributed by atoms with Gasteiger partial charge in [-0.05, 0) is 46.0 Å². The summed E-state index contributed by atoms with van der Waals surface area (Å²) in [6.07, 6.45) is 5.41. The van der Waals surface area contributed by atoms with Crippen LogP contribution in [0.4, 0.5) is 0 Å². The van der Waals surface area contributed by atoms with Crippen molar-refractivity contribution in [2.24, 2.45) is 0 Å². The summed E-state index contributed by atoms with van der Waals surface area (Å²) < 4.78 is 5.66. The molecule has 2 saturated heterocycles. The van der Waals surface area contributed by atoms with Gasteiger partial charge in [-0.15, -0.1) is 0 Å². The summed E-state index contributed by atoms with van der Waals surface area (Å²) in [4.78, 5) is 12.0. The lowest BCUT2D eigenvalue weighted by molar-refractivity contribution is -0.125. The van der Waals surface area contributed by atoms with Gasteiger partial charge >= 0.3 is 0 Å². The third-order valence-corrected chi connectivity index (χ3v) is 3.87. The van der Waals surface area contributed by atoms with Crippen molar-refractivity contribution < 1.29 is 9.53 Å². The number of nitrogens with one attached hydrogen (secondary N) is 2. The highest BCUT2D eigenvalue weighted by atomic mass is 16.5. The van der Waals surface area contributed by atoms with Gasteiger partial charge in [0.05, 0.1) is 11.6 Å². The molecule has 0 aromatic rings. The number of carbonyl (C=O) groups excluding carboxylic acids is 1. The van der Waals surface area contributed by atoms with Crippen molar-refractivity contribution >= 4 is 5.91 Å². The Kier molecular flexibility index (Phi) is 4.05. The summed E-state index contributed by atoms with van der Waals surface area (Å²) in [7, 11) is 0. The molecule has 2 rings (SSSR count). The summed E-state index contributed by atoms with van der Waals surface area (Å²) >= 11 is 0. The van der Waals surface area contributed by atoms with Crippen molar-refractivity contribution in [2.45, 2.75) is 63.6 Å². The minimum absolute atomic E-state index is 0.0104. The van der Waals surface area contributed by atoms with Crippen LogP contribution in [0.2, 0.25) is 0 Å². The average molecular weight is 240 g/mol. The Morgan fingerprint density at radius 3 is 2.94 bits per heavy atom. The number of ether oxygens (including phenoxy) is 1. The van der Waals surface area contributed by atoms with E-state index in [1.807, 2.05) is 0 Å². The second-order valence-electron chi connectivity index (χ2n) is 5.67. The fourth-order valence-electron chi connectivity index (χ4n) is 2.72. The number of piperidine rings is 1. The standard InChI is InChI=1S/C13H24N2O2/c1-10-5-3-6-11(15-10)12(16)14-9-13(2)7-4-8-17-13/h10-11,15H,3-9H2,1-2H3,(H,14,16). The molecule has 3 atom stereocenters. The van der Waals surface area contributed by atoms with Crippen LogP contribution in [-0.2, 0) is 9.53 Å². The van der Waals surface area contributed by atoms with Crippen LogP contribution in [0.15, 0.2) is 0 Å². The Morgan fingerprint density at radius 2 is 2.29 bits per heavy atom. The summed E-state index contributed by atoms with van der Waals surface area (Å²) in [5, 5.41) is 6.38. The smallest absolute Gasteiger partial charge is 0.237 e. The van der Waals surface area contributed by atoms with Gasteiger partial charge < -0.3 is 15.4 Å². The molecule has 0 radical (unpaired) electrons. The van der Waals surface area contributed by atoms with Gasteiger partial charge in [0.25, 0.3) is 0 Å². The van der Waals surface area contributed by atoms with Gasteiger partial charge in [0.15, 0.2) is 0 Å². The lowest BCUT2D eigenvalue weighted by Gasteiger charge is -2.29. The van der Waals surface area contributed by atoms with Crippen molar-refractivity contribution in [3.05, 3.63) is 0 Å². The molecule has 2 heterocycles. The number of carbonyl (C=O) groups is 1. The minimum atomic E-state index is -0.143. The molecule has 0 bridgehead atoms. The fraction of sp³-hybridized carbons (Fsp3) is 0.923. The predicted molar refractivity (Wildman–Crippen MR) is 66.8 cm³/mol. The highest BCUT2D eigenvalue weighted by molar-refractivity contribution is 5.81. The lowest BCUT2D eigenvalue weighted by Crippen LogP contribution is -2.52. The normalized spacial score (nSPS) is 38.0. The van der Waals surface area contributed by atoms with Crippen LogP contribution in [0.25, 0.3) is 0 Å². The van der Waals surface area contributed by atoms with Gasteiger partial charge in [0, 0.05) is 19.2 Å². The molecule has 0 saturated carbocycles. The molecule has 2 N–H and O–H groups in total. The minimum Gasteiger partial charge on any atom is -0.373 e. The Morgan fingerprint density at radius 1 is 1.47 bits per heavy atom. The van der Waals surface area contributed by atoms with Crippen LogP contribution >= 0.6 is 0 Å². The molecule has 98 valence electrons. The van der Waals surface area contributed by atoms with E-state index >= 15 is 0 Å². The number of hydrogen-bond acceptors (Lipinski definition) is 3. The third kappa shape index (κ3) is 3.42. The molecular formula is C13H24N2O2. The average Bonchev–Trinajstić information content (AvgIpc) is 2.74. The van der Waals surface area contributed by atoms with Crippen molar-refractivity contribution in [3.63, 3.8) is 0 Å². The van der Waals surface area contributed by atoms with Gasteiger partial charge in [-0.25, -0.2) is 0 Å². The molecule has 4 heteroatoms. The molecule has 2 aliphatic heterocycles. The SMILES string of the molecule is CC1CCCC(C(=O)NCC2(C)CCCO2)N1.